The molecule has 1 rings (SSSR count). The third-order valence-corrected chi connectivity index (χ3v) is 4.91. The molecule has 8 nitrogen and oxygen atoms in total. The highest BCUT2D eigenvalue weighted by Gasteiger charge is 2.15. The molecule has 0 atom stereocenters. The van der Waals surface area contributed by atoms with E-state index in [1.807, 2.05) is 0 Å². The molecular formula is C9H17N3O5S2. The number of hydrogen-bond acceptors (Lipinski definition) is 6. The molecule has 110 valence electrons. The van der Waals surface area contributed by atoms with Gasteiger partial charge in [0.1, 0.15) is 5.76 Å². The lowest BCUT2D eigenvalue weighted by Gasteiger charge is -2.06. The fourth-order valence-corrected chi connectivity index (χ4v) is 3.41. The van der Waals surface area contributed by atoms with E-state index in [9.17, 15) is 16.8 Å². The second-order valence-electron chi connectivity index (χ2n) is 3.96. The smallest absolute Gasteiger partial charge is 0.235 e. The van der Waals surface area contributed by atoms with Gasteiger partial charge in [-0.3, -0.25) is 4.72 Å². The molecule has 0 aliphatic rings. The first-order valence-corrected chi connectivity index (χ1v) is 8.96. The highest BCUT2D eigenvalue weighted by atomic mass is 32.2. The summed E-state index contributed by atoms with van der Waals surface area (Å²) in [6.07, 6.45) is 0.471. The standard InChI is InChI=1S/C9H17N3O5S2/c1-3-5-18(13,14)10-4-6-19(15,16)12-9-7-8(2)17-11-9/h7,10H,3-6H2,1-2H3,(H,11,12). The molecule has 10 heteroatoms. The lowest BCUT2D eigenvalue weighted by atomic mass is 10.5. The molecule has 0 saturated heterocycles. The molecule has 0 aliphatic carbocycles. The minimum absolute atomic E-state index is 0.0248. The zero-order valence-electron chi connectivity index (χ0n) is 10.7. The SMILES string of the molecule is CCCS(=O)(=O)NCCS(=O)(=O)Nc1cc(C)on1. The van der Waals surface area contributed by atoms with Gasteiger partial charge in [-0.25, -0.2) is 21.6 Å². The Kier molecular flexibility index (Phi) is 5.32. The first-order valence-electron chi connectivity index (χ1n) is 5.65. The second-order valence-corrected chi connectivity index (χ2v) is 7.73. The van der Waals surface area contributed by atoms with Gasteiger partial charge in [-0.1, -0.05) is 12.1 Å². The van der Waals surface area contributed by atoms with E-state index in [2.05, 4.69) is 14.6 Å². The molecular weight excluding hydrogens is 294 g/mol. The number of nitrogens with one attached hydrogen (secondary N) is 2. The molecule has 0 saturated carbocycles. The lowest BCUT2D eigenvalue weighted by Crippen LogP contribution is -2.32. The number of aromatic nitrogens is 1. The molecule has 0 aromatic carbocycles. The summed E-state index contributed by atoms with van der Waals surface area (Å²) in [5.74, 6) is 0.153. The summed E-state index contributed by atoms with van der Waals surface area (Å²) in [6, 6.07) is 1.43. The van der Waals surface area contributed by atoms with Crippen molar-refractivity contribution >= 4 is 25.9 Å². The second kappa shape index (κ2) is 6.35. The van der Waals surface area contributed by atoms with E-state index in [0.717, 1.165) is 0 Å². The summed E-state index contributed by atoms with van der Waals surface area (Å²) in [6.45, 7) is 3.17. The number of aryl methyl sites for hydroxylation is 1. The van der Waals surface area contributed by atoms with E-state index < -0.39 is 20.0 Å². The van der Waals surface area contributed by atoms with Crippen molar-refractivity contribution in [2.45, 2.75) is 20.3 Å². The molecule has 2 N–H and O–H groups in total. The van der Waals surface area contributed by atoms with Crippen LogP contribution in [-0.2, 0) is 20.0 Å². The molecule has 0 aliphatic heterocycles. The van der Waals surface area contributed by atoms with Crippen LogP contribution in [0.15, 0.2) is 10.6 Å². The predicted octanol–water partition coefficient (Wildman–Crippen LogP) is 0.0541. The van der Waals surface area contributed by atoms with Gasteiger partial charge in [0.2, 0.25) is 20.0 Å². The molecule has 0 spiro atoms. The van der Waals surface area contributed by atoms with Crippen LogP contribution in [-0.4, -0.2) is 40.0 Å². The van der Waals surface area contributed by atoms with Crippen molar-refractivity contribution in [2.24, 2.45) is 0 Å². The number of rotatable bonds is 8. The minimum atomic E-state index is -3.66. The molecule has 0 bridgehead atoms. The van der Waals surface area contributed by atoms with Crippen LogP contribution in [0.3, 0.4) is 0 Å². The number of hydrogen-bond donors (Lipinski definition) is 2. The number of nitrogens with zero attached hydrogens (tertiary/aromatic N) is 1. The Labute approximate surface area is 112 Å². The number of sulfonamides is 2. The van der Waals surface area contributed by atoms with Crippen LogP contribution in [0.4, 0.5) is 5.82 Å². The fraction of sp³-hybridized carbons (Fsp3) is 0.667. The van der Waals surface area contributed by atoms with Crippen LogP contribution in [0.1, 0.15) is 19.1 Å². The van der Waals surface area contributed by atoms with E-state index in [-0.39, 0.29) is 23.9 Å². The first kappa shape index (κ1) is 15.9. The maximum Gasteiger partial charge on any atom is 0.235 e. The molecule has 19 heavy (non-hydrogen) atoms. The molecule has 1 aromatic heterocycles. The number of anilines is 1. The van der Waals surface area contributed by atoms with Crippen molar-refractivity contribution in [2.75, 3.05) is 22.8 Å². The van der Waals surface area contributed by atoms with Gasteiger partial charge in [0.25, 0.3) is 0 Å². The highest BCUT2D eigenvalue weighted by Crippen LogP contribution is 2.08. The molecule has 0 radical (unpaired) electrons. The Bertz CT molecular complexity index is 606. The summed E-state index contributed by atoms with van der Waals surface area (Å²) in [5.41, 5.74) is 0. The first-order chi connectivity index (χ1) is 8.74. The van der Waals surface area contributed by atoms with Crippen LogP contribution in [0.25, 0.3) is 0 Å². The van der Waals surface area contributed by atoms with E-state index >= 15 is 0 Å². The highest BCUT2D eigenvalue weighted by molar-refractivity contribution is 7.92. The molecule has 0 amide bonds. The maximum atomic E-state index is 11.6. The summed E-state index contributed by atoms with van der Waals surface area (Å²) in [7, 11) is -7.06. The maximum absolute atomic E-state index is 11.6. The van der Waals surface area contributed by atoms with Crippen molar-refractivity contribution in [1.29, 1.82) is 0 Å². The van der Waals surface area contributed by atoms with Gasteiger partial charge in [-0.05, 0) is 13.3 Å². The van der Waals surface area contributed by atoms with E-state index in [4.69, 9.17) is 4.52 Å². The van der Waals surface area contributed by atoms with Gasteiger partial charge < -0.3 is 4.52 Å². The Balaban J connectivity index is 2.48. The van der Waals surface area contributed by atoms with Crippen LogP contribution < -0.4 is 9.44 Å². The van der Waals surface area contributed by atoms with Gasteiger partial charge in [-0.2, -0.15) is 0 Å². The molecule has 1 aromatic rings. The summed E-state index contributed by atoms with van der Waals surface area (Å²) >= 11 is 0. The summed E-state index contributed by atoms with van der Waals surface area (Å²) in [4.78, 5) is 0. The van der Waals surface area contributed by atoms with Crippen molar-refractivity contribution in [3.63, 3.8) is 0 Å². The quantitative estimate of drug-likeness (QED) is 0.700. The van der Waals surface area contributed by atoms with E-state index in [0.29, 0.717) is 12.2 Å². The van der Waals surface area contributed by atoms with Gasteiger partial charge >= 0.3 is 0 Å². The van der Waals surface area contributed by atoms with E-state index in [1.165, 1.54) is 6.07 Å². The average molecular weight is 311 g/mol. The third-order valence-electron chi connectivity index (χ3n) is 2.05. The molecule has 1 heterocycles. The van der Waals surface area contributed by atoms with E-state index in [1.54, 1.807) is 13.8 Å². The van der Waals surface area contributed by atoms with Crippen molar-refractivity contribution in [1.82, 2.24) is 9.88 Å². The summed E-state index contributed by atoms with van der Waals surface area (Å²) in [5, 5.41) is 3.48. The van der Waals surface area contributed by atoms with Gasteiger partial charge in [0.15, 0.2) is 5.82 Å². The zero-order valence-corrected chi connectivity index (χ0v) is 12.3. The van der Waals surface area contributed by atoms with Crippen LogP contribution in [0.5, 0.6) is 0 Å². The van der Waals surface area contributed by atoms with Crippen LogP contribution in [0, 0.1) is 6.92 Å². The molecule has 0 fully saturated rings. The zero-order chi connectivity index (χ0) is 14.5. The van der Waals surface area contributed by atoms with Crippen molar-refractivity contribution < 1.29 is 21.4 Å². The van der Waals surface area contributed by atoms with Crippen LogP contribution in [0.2, 0.25) is 0 Å². The summed E-state index contributed by atoms with van der Waals surface area (Å²) < 4.78 is 55.0. The van der Waals surface area contributed by atoms with Gasteiger partial charge in [0.05, 0.1) is 11.5 Å². The van der Waals surface area contributed by atoms with Crippen molar-refractivity contribution in [3.8, 4) is 0 Å². The van der Waals surface area contributed by atoms with Gasteiger partial charge in [0, 0.05) is 12.6 Å². The Morgan fingerprint density at radius 2 is 1.89 bits per heavy atom. The minimum Gasteiger partial charge on any atom is -0.360 e. The Hall–Kier alpha value is -1.13. The topological polar surface area (TPSA) is 118 Å². The lowest BCUT2D eigenvalue weighted by molar-refractivity contribution is 0.400. The van der Waals surface area contributed by atoms with Crippen molar-refractivity contribution in [3.05, 3.63) is 11.8 Å². The monoisotopic (exact) mass is 311 g/mol. The normalized spacial score (nSPS) is 12.5. The predicted molar refractivity (Wildman–Crippen MR) is 70.7 cm³/mol. The van der Waals surface area contributed by atoms with Crippen LogP contribution >= 0.6 is 0 Å². The Morgan fingerprint density at radius 1 is 1.21 bits per heavy atom. The largest absolute Gasteiger partial charge is 0.360 e. The molecule has 0 unspecified atom stereocenters. The van der Waals surface area contributed by atoms with Gasteiger partial charge in [-0.15, -0.1) is 0 Å². The fourth-order valence-electron chi connectivity index (χ4n) is 1.30. The Morgan fingerprint density at radius 3 is 2.42 bits per heavy atom. The average Bonchev–Trinajstić information content (AvgIpc) is 2.61. The third kappa shape index (κ3) is 6.03.